The maximum atomic E-state index is 12.7. The number of ketones is 1. The van der Waals surface area contributed by atoms with Crippen molar-refractivity contribution in [3.05, 3.63) is 70.9 Å². The Balaban J connectivity index is 2.18. The lowest BCUT2D eigenvalue weighted by atomic mass is 9.80. The zero-order valence-electron chi connectivity index (χ0n) is 17.2. The molecule has 0 radical (unpaired) electrons. The van der Waals surface area contributed by atoms with Crippen LogP contribution in [-0.4, -0.2) is 38.0 Å². The van der Waals surface area contributed by atoms with Crippen LogP contribution in [0, 0.1) is 0 Å². The number of Topliss-reactive ketones (excluding diaryl/α,β-unsaturated/α-hetero) is 1. The molecule has 1 heterocycles. The summed E-state index contributed by atoms with van der Waals surface area (Å²) in [7, 11) is 3.31. The molecule has 0 bridgehead atoms. The second-order valence-electron chi connectivity index (χ2n) is 7.17. The molecule has 1 aliphatic rings. The predicted octanol–water partition coefficient (Wildman–Crippen LogP) is 4.38. The number of benzene rings is 2. The van der Waals surface area contributed by atoms with Gasteiger partial charge in [0.2, 0.25) is 0 Å². The number of hydrogen-bond acceptors (Lipinski definition) is 4. The first-order chi connectivity index (χ1) is 13.6. The maximum absolute atomic E-state index is 12.7. The van der Waals surface area contributed by atoms with Gasteiger partial charge in [-0.3, -0.25) is 4.79 Å². The van der Waals surface area contributed by atoms with Crippen LogP contribution < -0.4 is 9.47 Å². The minimum absolute atomic E-state index is 0.0240. The van der Waals surface area contributed by atoms with Crippen LogP contribution >= 0.6 is 0 Å². The van der Waals surface area contributed by atoms with Crippen molar-refractivity contribution in [1.29, 1.82) is 0 Å². The van der Waals surface area contributed by atoms with Crippen LogP contribution in [0.25, 0.3) is 0 Å². The fraction of sp³-hybridized carbons (Fsp3) is 0.375. The third-order valence-electron chi connectivity index (χ3n) is 5.48. The third kappa shape index (κ3) is 4.22. The Hall–Kier alpha value is -2.75. The number of nitrogens with zero attached hydrogens (tertiary/aromatic N) is 1. The van der Waals surface area contributed by atoms with Gasteiger partial charge in [0.1, 0.15) is 0 Å². The van der Waals surface area contributed by atoms with Crippen molar-refractivity contribution >= 4 is 5.78 Å². The molecule has 0 aliphatic carbocycles. The molecule has 1 atom stereocenters. The molecule has 1 aliphatic heterocycles. The van der Waals surface area contributed by atoms with E-state index in [1.54, 1.807) is 21.1 Å². The second kappa shape index (κ2) is 8.96. The van der Waals surface area contributed by atoms with E-state index in [9.17, 15) is 4.79 Å². The molecule has 1 unspecified atom stereocenters. The number of allylic oxidation sites excluding steroid dienone is 1. The molecule has 4 nitrogen and oxygen atoms in total. The molecular formula is C24H29NO3. The zero-order valence-corrected chi connectivity index (χ0v) is 17.2. The monoisotopic (exact) mass is 379 g/mol. The summed E-state index contributed by atoms with van der Waals surface area (Å²) >= 11 is 0. The highest BCUT2D eigenvalue weighted by Crippen LogP contribution is 2.39. The highest BCUT2D eigenvalue weighted by Gasteiger charge is 2.27. The molecule has 0 saturated heterocycles. The van der Waals surface area contributed by atoms with E-state index in [2.05, 4.69) is 42.3 Å². The molecule has 0 N–H and O–H groups in total. The topological polar surface area (TPSA) is 38.8 Å². The van der Waals surface area contributed by atoms with Crippen molar-refractivity contribution in [1.82, 2.24) is 4.90 Å². The molecule has 148 valence electrons. The van der Waals surface area contributed by atoms with Gasteiger partial charge in [-0.1, -0.05) is 30.3 Å². The summed E-state index contributed by atoms with van der Waals surface area (Å²) in [6.07, 6.45) is 3.73. The minimum Gasteiger partial charge on any atom is -0.493 e. The van der Waals surface area contributed by atoms with Crippen LogP contribution in [0.15, 0.2) is 54.2 Å². The molecule has 28 heavy (non-hydrogen) atoms. The fourth-order valence-electron chi connectivity index (χ4n) is 3.92. The molecule has 0 fully saturated rings. The third-order valence-corrected chi connectivity index (χ3v) is 5.48. The van der Waals surface area contributed by atoms with Crippen LogP contribution in [0.3, 0.4) is 0 Å². The number of carbonyl (C=O) groups excluding carboxylic acids is 1. The lowest BCUT2D eigenvalue weighted by Crippen LogP contribution is -2.27. The smallest absolute Gasteiger partial charge is 0.161 e. The first kappa shape index (κ1) is 20.0. The molecular weight excluding hydrogens is 350 g/mol. The van der Waals surface area contributed by atoms with Crippen LogP contribution in [-0.2, 0) is 17.6 Å². The Morgan fingerprint density at radius 1 is 1.11 bits per heavy atom. The van der Waals surface area contributed by atoms with Gasteiger partial charge in [0.15, 0.2) is 17.3 Å². The van der Waals surface area contributed by atoms with E-state index in [4.69, 9.17) is 9.47 Å². The lowest BCUT2D eigenvalue weighted by molar-refractivity contribution is -0.114. The summed E-state index contributed by atoms with van der Waals surface area (Å²) in [6.45, 7) is 5.53. The lowest BCUT2D eigenvalue weighted by Gasteiger charge is -2.30. The molecule has 4 heteroatoms. The van der Waals surface area contributed by atoms with Gasteiger partial charge in [-0.15, -0.1) is 0 Å². The average molecular weight is 380 g/mol. The molecule has 0 spiro atoms. The number of hydrogen-bond donors (Lipinski definition) is 0. The van der Waals surface area contributed by atoms with Crippen LogP contribution in [0.1, 0.15) is 36.5 Å². The number of fused-ring (bicyclic) bond motifs is 1. The quantitative estimate of drug-likeness (QED) is 0.747. The Labute approximate surface area is 167 Å². The number of methoxy groups -OCH3 is 2. The highest BCUT2D eigenvalue weighted by molar-refractivity contribution is 5.95. The Bertz CT molecular complexity index is 858. The standard InChI is InChI=1S/C24H29NO3/c1-5-25-12-11-19-14-23(27-3)24(28-4)15-20(19)21(22(16-25)17(2)26)13-18-9-7-6-8-10-18/h6-10,14-16,21H,5,11-13H2,1-4H3/b22-16-. The van der Waals surface area contributed by atoms with Gasteiger partial charge in [0.05, 0.1) is 14.2 Å². The van der Waals surface area contributed by atoms with Gasteiger partial charge in [-0.25, -0.2) is 0 Å². The summed E-state index contributed by atoms with van der Waals surface area (Å²) in [5.74, 6) is 1.53. The molecule has 3 rings (SSSR count). The van der Waals surface area contributed by atoms with Crippen molar-refractivity contribution in [2.24, 2.45) is 0 Å². The molecule has 0 amide bonds. The summed E-state index contributed by atoms with van der Waals surface area (Å²) in [5.41, 5.74) is 4.42. The van der Waals surface area contributed by atoms with Crippen molar-refractivity contribution in [3.8, 4) is 11.5 Å². The van der Waals surface area contributed by atoms with Gasteiger partial charge < -0.3 is 14.4 Å². The van der Waals surface area contributed by atoms with Crippen molar-refractivity contribution in [3.63, 3.8) is 0 Å². The number of ether oxygens (including phenoxy) is 2. The summed E-state index contributed by atoms with van der Waals surface area (Å²) in [4.78, 5) is 14.9. The number of likely N-dealkylation sites (N-methyl/N-ethyl adjacent to an activating group) is 1. The van der Waals surface area contributed by atoms with Crippen molar-refractivity contribution in [2.45, 2.75) is 32.6 Å². The Kier molecular flexibility index (Phi) is 6.40. The Morgan fingerprint density at radius 3 is 2.39 bits per heavy atom. The zero-order chi connectivity index (χ0) is 20.1. The molecule has 2 aromatic carbocycles. The first-order valence-electron chi connectivity index (χ1n) is 9.82. The normalized spacial score (nSPS) is 18.4. The summed E-state index contributed by atoms with van der Waals surface area (Å²) in [5, 5.41) is 0. The maximum Gasteiger partial charge on any atom is 0.161 e. The van der Waals surface area contributed by atoms with E-state index < -0.39 is 0 Å². The largest absolute Gasteiger partial charge is 0.493 e. The molecule has 0 aromatic heterocycles. The van der Waals surface area contributed by atoms with Gasteiger partial charge in [0, 0.05) is 30.8 Å². The van der Waals surface area contributed by atoms with E-state index in [0.29, 0.717) is 5.75 Å². The summed E-state index contributed by atoms with van der Waals surface area (Å²) in [6, 6.07) is 14.5. The van der Waals surface area contributed by atoms with Crippen molar-refractivity contribution < 1.29 is 14.3 Å². The van der Waals surface area contributed by atoms with Gasteiger partial charge in [-0.05, 0) is 55.5 Å². The van der Waals surface area contributed by atoms with Gasteiger partial charge in [-0.2, -0.15) is 0 Å². The number of carbonyl (C=O) groups is 1. The van der Waals surface area contributed by atoms with E-state index in [1.807, 2.05) is 18.2 Å². The predicted molar refractivity (Wildman–Crippen MR) is 112 cm³/mol. The van der Waals surface area contributed by atoms with Crippen molar-refractivity contribution in [2.75, 3.05) is 27.3 Å². The van der Waals surface area contributed by atoms with E-state index in [1.165, 1.54) is 11.1 Å². The van der Waals surface area contributed by atoms with Gasteiger partial charge in [0.25, 0.3) is 0 Å². The summed E-state index contributed by atoms with van der Waals surface area (Å²) < 4.78 is 11.1. The highest BCUT2D eigenvalue weighted by atomic mass is 16.5. The first-order valence-corrected chi connectivity index (χ1v) is 9.82. The van der Waals surface area contributed by atoms with Crippen LogP contribution in [0.4, 0.5) is 0 Å². The van der Waals surface area contributed by atoms with Gasteiger partial charge >= 0.3 is 0 Å². The SMILES string of the molecule is CCN1/C=C(/C(C)=O)C(Cc2ccccc2)c2cc(OC)c(OC)cc2CC1. The Morgan fingerprint density at radius 2 is 1.79 bits per heavy atom. The van der Waals surface area contributed by atoms with Crippen LogP contribution in [0.2, 0.25) is 0 Å². The number of rotatable bonds is 6. The van der Waals surface area contributed by atoms with E-state index in [-0.39, 0.29) is 11.7 Å². The minimum atomic E-state index is -0.0240. The van der Waals surface area contributed by atoms with E-state index in [0.717, 1.165) is 42.8 Å². The average Bonchev–Trinajstić information content (AvgIpc) is 2.71. The van der Waals surface area contributed by atoms with E-state index >= 15 is 0 Å². The molecule has 0 saturated carbocycles. The second-order valence-corrected chi connectivity index (χ2v) is 7.17. The van der Waals surface area contributed by atoms with Crippen LogP contribution in [0.5, 0.6) is 11.5 Å². The molecule has 2 aromatic rings. The fourth-order valence-corrected chi connectivity index (χ4v) is 3.92.